The molecule has 166 valence electrons. The molecule has 1 aliphatic rings. The third-order valence-corrected chi connectivity index (χ3v) is 4.48. The third kappa shape index (κ3) is 8.25. The molecule has 0 saturated carbocycles. The van der Waals surface area contributed by atoms with Gasteiger partial charge in [0.15, 0.2) is 5.96 Å². The number of ether oxygens (including phenoxy) is 2. The first-order valence-corrected chi connectivity index (χ1v) is 9.30. The summed E-state index contributed by atoms with van der Waals surface area (Å²) >= 11 is 0. The second-order valence-electron chi connectivity index (χ2n) is 6.64. The van der Waals surface area contributed by atoms with Crippen molar-refractivity contribution in [3.8, 4) is 0 Å². The van der Waals surface area contributed by atoms with E-state index in [0.29, 0.717) is 50.9 Å². The molecular formula is C19H28F4IN3O2. The van der Waals surface area contributed by atoms with Crippen LogP contribution < -0.4 is 5.32 Å². The molecule has 1 heterocycles. The molecule has 0 spiro atoms. The highest BCUT2D eigenvalue weighted by atomic mass is 127. The number of likely N-dealkylation sites (tertiary alicyclic amines) is 1. The zero-order valence-electron chi connectivity index (χ0n) is 16.6. The Labute approximate surface area is 185 Å². The van der Waals surface area contributed by atoms with Crippen LogP contribution in [0, 0.1) is 11.7 Å². The maximum Gasteiger partial charge on any atom is 0.416 e. The fourth-order valence-electron chi connectivity index (χ4n) is 3.09. The van der Waals surface area contributed by atoms with Crippen molar-refractivity contribution in [2.24, 2.45) is 10.9 Å². The van der Waals surface area contributed by atoms with Gasteiger partial charge in [0.25, 0.3) is 0 Å². The number of halogens is 5. The number of hydrogen-bond acceptors (Lipinski definition) is 3. The first-order chi connectivity index (χ1) is 13.3. The van der Waals surface area contributed by atoms with Crippen molar-refractivity contribution in [2.75, 3.05) is 46.6 Å². The lowest BCUT2D eigenvalue weighted by Gasteiger charge is -2.22. The molecule has 1 atom stereocenters. The maximum absolute atomic E-state index is 13.3. The molecule has 0 radical (unpaired) electrons. The van der Waals surface area contributed by atoms with Gasteiger partial charge in [-0.1, -0.05) is 6.07 Å². The Morgan fingerprint density at radius 1 is 1.31 bits per heavy atom. The van der Waals surface area contributed by atoms with Crippen LogP contribution in [0.2, 0.25) is 0 Å². The Balaban J connectivity index is 0.00000420. The summed E-state index contributed by atoms with van der Waals surface area (Å²) in [5, 5.41) is 3.12. The van der Waals surface area contributed by atoms with Crippen LogP contribution in [0.3, 0.4) is 0 Å². The predicted molar refractivity (Wildman–Crippen MR) is 114 cm³/mol. The van der Waals surface area contributed by atoms with Gasteiger partial charge >= 0.3 is 6.18 Å². The average molecular weight is 533 g/mol. The van der Waals surface area contributed by atoms with Crippen molar-refractivity contribution in [2.45, 2.75) is 26.1 Å². The summed E-state index contributed by atoms with van der Waals surface area (Å²) in [6, 6.07) is 2.68. The highest BCUT2D eigenvalue weighted by Crippen LogP contribution is 2.33. The number of hydrogen-bond donors (Lipinski definition) is 1. The summed E-state index contributed by atoms with van der Waals surface area (Å²) in [7, 11) is 1.62. The van der Waals surface area contributed by atoms with E-state index >= 15 is 0 Å². The second-order valence-corrected chi connectivity index (χ2v) is 6.64. The molecule has 1 saturated heterocycles. The van der Waals surface area contributed by atoms with E-state index in [0.717, 1.165) is 25.1 Å². The molecule has 5 nitrogen and oxygen atoms in total. The van der Waals surface area contributed by atoms with Crippen LogP contribution in [-0.4, -0.2) is 57.4 Å². The molecule has 10 heteroatoms. The van der Waals surface area contributed by atoms with E-state index in [-0.39, 0.29) is 36.1 Å². The van der Waals surface area contributed by atoms with Crippen molar-refractivity contribution < 1.29 is 27.0 Å². The number of nitrogens with one attached hydrogen (secondary N) is 1. The molecule has 0 bridgehead atoms. The smallest absolute Gasteiger partial charge is 0.382 e. The van der Waals surface area contributed by atoms with E-state index < -0.39 is 17.6 Å². The van der Waals surface area contributed by atoms with Gasteiger partial charge in [-0.15, -0.1) is 24.0 Å². The molecule has 0 aromatic heterocycles. The lowest BCUT2D eigenvalue weighted by molar-refractivity contribution is -0.138. The van der Waals surface area contributed by atoms with Gasteiger partial charge in [0, 0.05) is 32.7 Å². The van der Waals surface area contributed by atoms with Crippen molar-refractivity contribution in [3.63, 3.8) is 0 Å². The van der Waals surface area contributed by atoms with Crippen LogP contribution >= 0.6 is 24.0 Å². The molecule has 0 amide bonds. The number of aliphatic imine (C=N–C) groups is 1. The molecule has 1 aromatic carbocycles. The predicted octanol–water partition coefficient (Wildman–Crippen LogP) is 3.91. The average Bonchev–Trinajstić information content (AvgIpc) is 3.11. The van der Waals surface area contributed by atoms with E-state index in [4.69, 9.17) is 9.47 Å². The largest absolute Gasteiger partial charge is 0.416 e. The van der Waals surface area contributed by atoms with Crippen molar-refractivity contribution in [1.29, 1.82) is 0 Å². The monoisotopic (exact) mass is 533 g/mol. The Kier molecular flexibility index (Phi) is 11.2. The zero-order valence-corrected chi connectivity index (χ0v) is 18.9. The standard InChI is InChI=1S/C19H27F4N3O2.HI/c1-3-24-18(26-7-6-14(12-26)13-28-9-8-27-2)25-11-15-4-5-16(20)10-17(15)19(21,22)23;/h4-5,10,14H,3,6-9,11-13H2,1-2H3,(H,24,25);1H. The van der Waals surface area contributed by atoms with Crippen LogP contribution in [0.1, 0.15) is 24.5 Å². The zero-order chi connectivity index (χ0) is 20.6. The number of guanidine groups is 1. The van der Waals surface area contributed by atoms with E-state index in [1.807, 2.05) is 11.8 Å². The molecule has 29 heavy (non-hydrogen) atoms. The Morgan fingerprint density at radius 2 is 2.07 bits per heavy atom. The number of rotatable bonds is 8. The van der Waals surface area contributed by atoms with Gasteiger partial charge in [0.1, 0.15) is 5.82 Å². The van der Waals surface area contributed by atoms with E-state index in [1.165, 1.54) is 0 Å². The van der Waals surface area contributed by atoms with Gasteiger partial charge in [-0.3, -0.25) is 0 Å². The summed E-state index contributed by atoms with van der Waals surface area (Å²) in [5.41, 5.74) is -1.04. The lowest BCUT2D eigenvalue weighted by atomic mass is 10.1. The molecule has 1 fully saturated rings. The summed E-state index contributed by atoms with van der Waals surface area (Å²) in [4.78, 5) is 6.38. The minimum atomic E-state index is -4.62. The summed E-state index contributed by atoms with van der Waals surface area (Å²) in [6.07, 6.45) is -3.70. The quantitative estimate of drug-likeness (QED) is 0.181. The van der Waals surface area contributed by atoms with Crippen molar-refractivity contribution in [1.82, 2.24) is 10.2 Å². The summed E-state index contributed by atoms with van der Waals surface area (Å²) in [5.74, 6) is -0.0283. The van der Waals surface area contributed by atoms with Crippen molar-refractivity contribution >= 4 is 29.9 Å². The molecule has 1 N–H and O–H groups in total. The highest BCUT2D eigenvalue weighted by molar-refractivity contribution is 14.0. The molecule has 0 aliphatic carbocycles. The number of benzene rings is 1. The van der Waals surface area contributed by atoms with Crippen LogP contribution in [-0.2, 0) is 22.2 Å². The summed E-state index contributed by atoms with van der Waals surface area (Å²) < 4.78 is 63.3. The number of alkyl halides is 3. The van der Waals surface area contributed by atoms with Gasteiger partial charge in [-0.2, -0.15) is 13.2 Å². The Bertz CT molecular complexity index is 659. The van der Waals surface area contributed by atoms with Crippen LogP contribution in [0.15, 0.2) is 23.2 Å². The minimum Gasteiger partial charge on any atom is -0.382 e. The van der Waals surface area contributed by atoms with Crippen LogP contribution in [0.5, 0.6) is 0 Å². The Hall–Kier alpha value is -1.14. The second kappa shape index (κ2) is 12.5. The first kappa shape index (κ1) is 25.9. The minimum absolute atomic E-state index is 0. The van der Waals surface area contributed by atoms with E-state index in [9.17, 15) is 17.6 Å². The summed E-state index contributed by atoms with van der Waals surface area (Å²) in [6.45, 7) is 5.47. The molecule has 1 unspecified atom stereocenters. The molecule has 2 rings (SSSR count). The SMILES string of the molecule is CCNC(=NCc1ccc(F)cc1C(F)(F)F)N1CCC(COCCOC)C1.I. The highest BCUT2D eigenvalue weighted by Gasteiger charge is 2.33. The molecular weight excluding hydrogens is 505 g/mol. The van der Waals surface area contributed by atoms with E-state index in [1.54, 1.807) is 7.11 Å². The fourth-order valence-corrected chi connectivity index (χ4v) is 3.09. The van der Waals surface area contributed by atoms with Gasteiger partial charge in [-0.25, -0.2) is 9.38 Å². The van der Waals surface area contributed by atoms with Gasteiger partial charge < -0.3 is 19.7 Å². The Morgan fingerprint density at radius 3 is 2.72 bits per heavy atom. The van der Waals surface area contributed by atoms with E-state index in [2.05, 4.69) is 10.3 Å². The van der Waals surface area contributed by atoms with Gasteiger partial charge in [0.05, 0.1) is 31.9 Å². The lowest BCUT2D eigenvalue weighted by Crippen LogP contribution is -2.40. The third-order valence-electron chi connectivity index (χ3n) is 4.48. The van der Waals surface area contributed by atoms with Crippen molar-refractivity contribution in [3.05, 3.63) is 35.1 Å². The number of methoxy groups -OCH3 is 1. The van der Waals surface area contributed by atoms with Gasteiger partial charge in [0.2, 0.25) is 0 Å². The number of nitrogens with zero attached hydrogens (tertiary/aromatic N) is 2. The normalized spacial score (nSPS) is 17.4. The maximum atomic E-state index is 13.3. The fraction of sp³-hybridized carbons (Fsp3) is 0.632. The van der Waals surface area contributed by atoms with Gasteiger partial charge in [-0.05, 0) is 31.0 Å². The topological polar surface area (TPSA) is 46.1 Å². The molecule has 1 aliphatic heterocycles. The van der Waals surface area contributed by atoms with Crippen LogP contribution in [0.25, 0.3) is 0 Å². The first-order valence-electron chi connectivity index (χ1n) is 9.30. The van der Waals surface area contributed by atoms with Crippen LogP contribution in [0.4, 0.5) is 17.6 Å². The molecule has 1 aromatic rings.